The van der Waals surface area contributed by atoms with Crippen molar-refractivity contribution in [2.75, 3.05) is 6.61 Å². The first-order valence-corrected chi connectivity index (χ1v) is 7.03. The number of hydrogen-bond donors (Lipinski definition) is 0. The van der Waals surface area contributed by atoms with Crippen LogP contribution in [0, 0.1) is 30.6 Å². The van der Waals surface area contributed by atoms with Crippen LogP contribution in [0.25, 0.3) is 11.3 Å². The Hall–Kier alpha value is -1.44. The van der Waals surface area contributed by atoms with E-state index in [1.165, 1.54) is 10.6 Å². The third kappa shape index (κ3) is 4.53. The Morgan fingerprint density at radius 2 is 2.13 bits per heavy atom. The van der Waals surface area contributed by atoms with E-state index in [0.29, 0.717) is 29.1 Å². The third-order valence-electron chi connectivity index (χ3n) is 3.28. The van der Waals surface area contributed by atoms with Crippen LogP contribution in [-0.2, 0) is 39.3 Å². The number of halogens is 1. The molecule has 0 amide bonds. The van der Waals surface area contributed by atoms with E-state index < -0.39 is 5.82 Å². The van der Waals surface area contributed by atoms with Crippen LogP contribution in [0.4, 0.5) is 4.39 Å². The fraction of sp³-hybridized carbons (Fsp3) is 0.278. The van der Waals surface area contributed by atoms with E-state index in [0.717, 1.165) is 0 Å². The fourth-order valence-electron chi connectivity index (χ4n) is 2.12. The van der Waals surface area contributed by atoms with Crippen molar-refractivity contribution in [1.82, 2.24) is 4.57 Å². The number of aryl methyl sites for hydroxylation is 1. The molecule has 0 atom stereocenters. The second-order valence-corrected chi connectivity index (χ2v) is 4.73. The largest absolute Gasteiger partial charge is 0.481 e. The molecule has 0 saturated carbocycles. The van der Waals surface area contributed by atoms with Crippen LogP contribution in [0.5, 0.6) is 5.75 Å². The van der Waals surface area contributed by atoms with Crippen LogP contribution in [0.15, 0.2) is 29.1 Å². The molecular formula is C18H17FNO2Y-. The van der Waals surface area contributed by atoms with Gasteiger partial charge >= 0.3 is 0 Å². The van der Waals surface area contributed by atoms with Gasteiger partial charge in [0.05, 0.1) is 5.82 Å². The molecule has 0 aliphatic carbocycles. The molecule has 0 saturated heterocycles. The summed E-state index contributed by atoms with van der Waals surface area (Å²) in [4.78, 5) is 12.1. The molecular weight excluding hydrogens is 370 g/mol. The summed E-state index contributed by atoms with van der Waals surface area (Å²) >= 11 is 0. The SMILES string of the molecule is CC#CCOc1ccc(-c2[c-]cc(C)c(=O)n2CC)c(F)c1.[Y]. The maximum absolute atomic E-state index is 14.3. The van der Waals surface area contributed by atoms with Gasteiger partial charge < -0.3 is 9.30 Å². The number of pyridine rings is 1. The van der Waals surface area contributed by atoms with Gasteiger partial charge in [0, 0.05) is 45.3 Å². The van der Waals surface area contributed by atoms with Crippen molar-refractivity contribution in [3.63, 3.8) is 0 Å². The summed E-state index contributed by atoms with van der Waals surface area (Å²) in [7, 11) is 0. The van der Waals surface area contributed by atoms with Gasteiger partial charge in [0.2, 0.25) is 0 Å². The monoisotopic (exact) mass is 387 g/mol. The van der Waals surface area contributed by atoms with Crippen molar-refractivity contribution in [2.45, 2.75) is 27.3 Å². The maximum atomic E-state index is 14.3. The molecule has 2 rings (SSSR count). The van der Waals surface area contributed by atoms with Crippen LogP contribution in [0.2, 0.25) is 0 Å². The van der Waals surface area contributed by atoms with Gasteiger partial charge in [-0.1, -0.05) is 29.7 Å². The minimum absolute atomic E-state index is 0. The van der Waals surface area contributed by atoms with Gasteiger partial charge in [0.1, 0.15) is 12.4 Å². The summed E-state index contributed by atoms with van der Waals surface area (Å²) in [6.07, 6.45) is 0. The molecule has 1 radical (unpaired) electrons. The minimum Gasteiger partial charge on any atom is -0.481 e. The second-order valence-electron chi connectivity index (χ2n) is 4.73. The summed E-state index contributed by atoms with van der Waals surface area (Å²) in [5, 5.41) is 0. The van der Waals surface area contributed by atoms with Crippen molar-refractivity contribution < 1.29 is 41.8 Å². The molecule has 0 aliphatic rings. The Bertz CT molecular complexity index is 803. The number of rotatable bonds is 4. The van der Waals surface area contributed by atoms with Gasteiger partial charge in [-0.15, -0.1) is 12.0 Å². The van der Waals surface area contributed by atoms with E-state index >= 15 is 0 Å². The molecule has 0 unspecified atom stereocenters. The summed E-state index contributed by atoms with van der Waals surface area (Å²) in [6, 6.07) is 9.12. The van der Waals surface area contributed by atoms with Gasteiger partial charge in [0.25, 0.3) is 0 Å². The van der Waals surface area contributed by atoms with E-state index in [2.05, 4.69) is 17.9 Å². The Morgan fingerprint density at radius 1 is 1.39 bits per heavy atom. The van der Waals surface area contributed by atoms with Gasteiger partial charge in [-0.05, 0) is 19.9 Å². The molecule has 0 bridgehead atoms. The Balaban J connectivity index is 0.00000264. The van der Waals surface area contributed by atoms with E-state index in [1.807, 2.05) is 6.92 Å². The van der Waals surface area contributed by atoms with Crippen LogP contribution < -0.4 is 10.3 Å². The molecule has 3 nitrogen and oxygen atoms in total. The quantitative estimate of drug-likeness (QED) is 0.596. The van der Waals surface area contributed by atoms with Crippen LogP contribution in [-0.4, -0.2) is 11.2 Å². The number of benzene rings is 1. The van der Waals surface area contributed by atoms with Crippen LogP contribution in [0.1, 0.15) is 19.4 Å². The summed E-state index contributed by atoms with van der Waals surface area (Å²) in [5.41, 5.74) is 1.22. The molecule has 1 aromatic carbocycles. The molecule has 0 fully saturated rings. The zero-order chi connectivity index (χ0) is 16.1. The van der Waals surface area contributed by atoms with Gasteiger partial charge in [-0.25, -0.2) is 4.39 Å². The molecule has 1 heterocycles. The van der Waals surface area contributed by atoms with Crippen molar-refractivity contribution in [3.8, 4) is 28.8 Å². The average Bonchev–Trinajstić information content (AvgIpc) is 2.51. The average molecular weight is 387 g/mol. The van der Waals surface area contributed by atoms with Crippen molar-refractivity contribution in [1.29, 1.82) is 0 Å². The topological polar surface area (TPSA) is 31.2 Å². The standard InChI is InChI=1S/C18H17FNO2.Y/c1-4-6-11-22-14-8-9-15(16(19)12-14)17-10-7-13(3)18(21)20(17)5-2;/h7-9,12H,5,11H2,1-3H3;/q-1;. The Kier molecular flexibility index (Phi) is 7.68. The number of hydrogen-bond acceptors (Lipinski definition) is 2. The van der Waals surface area contributed by atoms with Gasteiger partial charge in [-0.3, -0.25) is 4.79 Å². The second kappa shape index (κ2) is 9.01. The summed E-state index contributed by atoms with van der Waals surface area (Å²) < 4.78 is 21.2. The van der Waals surface area contributed by atoms with E-state index in [4.69, 9.17) is 4.74 Å². The molecule has 0 aliphatic heterocycles. The predicted molar refractivity (Wildman–Crippen MR) is 84.3 cm³/mol. The van der Waals surface area contributed by atoms with E-state index in [1.54, 1.807) is 32.0 Å². The summed E-state index contributed by atoms with van der Waals surface area (Å²) in [5.74, 6) is 5.40. The maximum Gasteiger partial charge on any atom is 0.197 e. The van der Waals surface area contributed by atoms with E-state index in [-0.39, 0.29) is 44.9 Å². The molecule has 1 aromatic heterocycles. The number of nitrogens with zero attached hydrogens (tertiary/aromatic N) is 1. The Labute approximate surface area is 160 Å². The summed E-state index contributed by atoms with van der Waals surface area (Å²) in [6.45, 7) is 5.94. The first-order chi connectivity index (χ1) is 10.6. The molecule has 5 heteroatoms. The van der Waals surface area contributed by atoms with Crippen molar-refractivity contribution in [3.05, 3.63) is 52.1 Å². The molecule has 0 N–H and O–H groups in total. The van der Waals surface area contributed by atoms with Gasteiger partial charge in [-0.2, -0.15) is 12.1 Å². The molecule has 23 heavy (non-hydrogen) atoms. The minimum atomic E-state index is -0.455. The predicted octanol–water partition coefficient (Wildman–Crippen LogP) is 3.18. The van der Waals surface area contributed by atoms with Gasteiger partial charge in [0.15, 0.2) is 5.56 Å². The zero-order valence-corrected chi connectivity index (χ0v) is 16.3. The smallest absolute Gasteiger partial charge is 0.197 e. The Morgan fingerprint density at radius 3 is 2.74 bits per heavy atom. The molecule has 0 spiro atoms. The number of aromatic nitrogens is 1. The molecule has 2 aromatic rings. The number of ether oxygens (including phenoxy) is 1. The van der Waals surface area contributed by atoms with E-state index in [9.17, 15) is 9.18 Å². The normalized spacial score (nSPS) is 9.57. The molecule has 117 valence electrons. The first-order valence-electron chi connectivity index (χ1n) is 7.03. The van der Waals surface area contributed by atoms with Crippen LogP contribution >= 0.6 is 0 Å². The van der Waals surface area contributed by atoms with Crippen molar-refractivity contribution >= 4 is 0 Å². The first kappa shape index (κ1) is 19.6. The van der Waals surface area contributed by atoms with Crippen molar-refractivity contribution in [2.24, 2.45) is 0 Å². The third-order valence-corrected chi connectivity index (χ3v) is 3.28. The van der Waals surface area contributed by atoms with Crippen LogP contribution in [0.3, 0.4) is 0 Å². The fourth-order valence-corrected chi connectivity index (χ4v) is 2.12. The zero-order valence-electron chi connectivity index (χ0n) is 13.4.